The number of urea groups is 1. The van der Waals surface area contributed by atoms with Gasteiger partial charge in [0.05, 0.1) is 6.54 Å². The molecule has 1 aromatic heterocycles. The fourth-order valence-electron chi connectivity index (χ4n) is 1.39. The molecule has 0 unspecified atom stereocenters. The van der Waals surface area contributed by atoms with Crippen molar-refractivity contribution in [2.45, 2.75) is 6.54 Å². The topological polar surface area (TPSA) is 56.9 Å². The molecule has 2 amide bonds. The molecule has 0 spiro atoms. The molecule has 4 nitrogen and oxygen atoms in total. The third-order valence-electron chi connectivity index (χ3n) is 2.18. The number of aromatic amines is 1. The van der Waals surface area contributed by atoms with Crippen molar-refractivity contribution < 1.29 is 4.79 Å². The number of carbonyl (C=O) groups is 1. The zero-order chi connectivity index (χ0) is 12.1. The number of aromatic nitrogens is 1. The van der Waals surface area contributed by atoms with Crippen molar-refractivity contribution in [2.75, 3.05) is 5.32 Å². The van der Waals surface area contributed by atoms with Crippen molar-refractivity contribution in [3.05, 3.63) is 53.3 Å². The molecule has 0 atom stereocenters. The largest absolute Gasteiger partial charge is 0.364 e. The molecule has 0 aliphatic rings. The fraction of sp³-hybridized carbons (Fsp3) is 0.0833. The van der Waals surface area contributed by atoms with Gasteiger partial charge >= 0.3 is 6.03 Å². The Morgan fingerprint density at radius 3 is 2.88 bits per heavy atom. The summed E-state index contributed by atoms with van der Waals surface area (Å²) in [6, 6.07) is 10.5. The second-order valence-electron chi connectivity index (χ2n) is 3.51. The van der Waals surface area contributed by atoms with E-state index in [1.54, 1.807) is 24.3 Å². The van der Waals surface area contributed by atoms with Gasteiger partial charge in [-0.25, -0.2) is 4.79 Å². The van der Waals surface area contributed by atoms with Gasteiger partial charge in [-0.15, -0.1) is 0 Å². The van der Waals surface area contributed by atoms with Gasteiger partial charge in [0.25, 0.3) is 0 Å². The predicted molar refractivity (Wildman–Crippen MR) is 68.1 cm³/mol. The molecule has 0 bridgehead atoms. The summed E-state index contributed by atoms with van der Waals surface area (Å²) in [6.07, 6.45) is 1.81. The molecule has 1 aromatic carbocycles. The molecule has 0 aliphatic heterocycles. The van der Waals surface area contributed by atoms with Gasteiger partial charge in [-0.2, -0.15) is 0 Å². The van der Waals surface area contributed by atoms with Crippen molar-refractivity contribution in [1.29, 1.82) is 0 Å². The lowest BCUT2D eigenvalue weighted by Crippen LogP contribution is -2.28. The number of hydrogen-bond donors (Lipinski definition) is 3. The molecular formula is C12H12ClN3O. The van der Waals surface area contributed by atoms with Crippen LogP contribution in [0.4, 0.5) is 10.5 Å². The molecule has 0 fully saturated rings. The molecule has 0 radical (unpaired) electrons. The van der Waals surface area contributed by atoms with Crippen molar-refractivity contribution in [2.24, 2.45) is 0 Å². The molecule has 1 heterocycles. The highest BCUT2D eigenvalue weighted by Crippen LogP contribution is 2.14. The Morgan fingerprint density at radius 1 is 1.29 bits per heavy atom. The van der Waals surface area contributed by atoms with E-state index in [0.717, 1.165) is 5.69 Å². The Morgan fingerprint density at radius 2 is 2.18 bits per heavy atom. The van der Waals surface area contributed by atoms with Crippen molar-refractivity contribution in [3.8, 4) is 0 Å². The van der Waals surface area contributed by atoms with Crippen LogP contribution in [0.25, 0.3) is 0 Å². The van der Waals surface area contributed by atoms with Gasteiger partial charge < -0.3 is 15.6 Å². The first-order valence-electron chi connectivity index (χ1n) is 5.17. The Balaban J connectivity index is 1.85. The van der Waals surface area contributed by atoms with Crippen LogP contribution in [0.1, 0.15) is 5.69 Å². The van der Waals surface area contributed by atoms with Crippen LogP contribution in [-0.2, 0) is 6.54 Å². The van der Waals surface area contributed by atoms with E-state index in [-0.39, 0.29) is 6.03 Å². The number of H-pyrrole nitrogens is 1. The molecule has 0 saturated heterocycles. The van der Waals surface area contributed by atoms with Crippen LogP contribution in [0.2, 0.25) is 5.02 Å². The number of benzene rings is 1. The highest BCUT2D eigenvalue weighted by atomic mass is 35.5. The van der Waals surface area contributed by atoms with E-state index >= 15 is 0 Å². The first kappa shape index (κ1) is 11.5. The number of anilines is 1. The monoisotopic (exact) mass is 249 g/mol. The zero-order valence-corrected chi connectivity index (χ0v) is 9.79. The molecule has 2 aromatic rings. The van der Waals surface area contributed by atoms with Gasteiger partial charge in [0, 0.05) is 22.6 Å². The average Bonchev–Trinajstić information content (AvgIpc) is 2.79. The minimum absolute atomic E-state index is 0.262. The maximum absolute atomic E-state index is 11.5. The van der Waals surface area contributed by atoms with Crippen LogP contribution in [0.15, 0.2) is 42.6 Å². The highest BCUT2D eigenvalue weighted by Gasteiger charge is 2.01. The first-order valence-corrected chi connectivity index (χ1v) is 5.54. The summed E-state index contributed by atoms with van der Waals surface area (Å²) in [6.45, 7) is 0.458. The maximum Gasteiger partial charge on any atom is 0.319 e. The van der Waals surface area contributed by atoms with Crippen molar-refractivity contribution in [1.82, 2.24) is 10.3 Å². The molecule has 88 valence electrons. The molecule has 3 N–H and O–H groups in total. The Kier molecular flexibility index (Phi) is 3.67. The van der Waals surface area contributed by atoms with E-state index in [9.17, 15) is 4.79 Å². The van der Waals surface area contributed by atoms with E-state index < -0.39 is 0 Å². The van der Waals surface area contributed by atoms with Crippen LogP contribution >= 0.6 is 11.6 Å². The Labute approximate surface area is 104 Å². The number of hydrogen-bond acceptors (Lipinski definition) is 1. The average molecular weight is 250 g/mol. The third kappa shape index (κ3) is 3.53. The van der Waals surface area contributed by atoms with E-state index in [4.69, 9.17) is 11.6 Å². The lowest BCUT2D eigenvalue weighted by atomic mass is 10.3. The molecule has 5 heteroatoms. The number of carbonyl (C=O) groups excluding carboxylic acids is 1. The van der Waals surface area contributed by atoms with Gasteiger partial charge in [0.2, 0.25) is 0 Å². The van der Waals surface area contributed by atoms with Gasteiger partial charge in [0.1, 0.15) is 0 Å². The second-order valence-corrected chi connectivity index (χ2v) is 3.95. The van der Waals surface area contributed by atoms with E-state index in [1.165, 1.54) is 0 Å². The predicted octanol–water partition coefficient (Wildman–Crippen LogP) is 2.99. The highest BCUT2D eigenvalue weighted by molar-refractivity contribution is 6.30. The van der Waals surface area contributed by atoms with Gasteiger partial charge in [-0.3, -0.25) is 0 Å². The Bertz CT molecular complexity index is 496. The second kappa shape index (κ2) is 5.41. The zero-order valence-electron chi connectivity index (χ0n) is 9.03. The SMILES string of the molecule is O=C(NCc1ccc[nH]1)Nc1cccc(Cl)c1. The summed E-state index contributed by atoms with van der Waals surface area (Å²) in [5, 5.41) is 6.02. The van der Waals surface area contributed by atoms with Crippen molar-refractivity contribution >= 4 is 23.3 Å². The maximum atomic E-state index is 11.5. The summed E-state index contributed by atoms with van der Waals surface area (Å²) in [5.41, 5.74) is 1.62. The minimum atomic E-state index is -0.262. The van der Waals surface area contributed by atoms with Crippen molar-refractivity contribution in [3.63, 3.8) is 0 Å². The lowest BCUT2D eigenvalue weighted by Gasteiger charge is -2.06. The van der Waals surface area contributed by atoms with Crippen LogP contribution in [-0.4, -0.2) is 11.0 Å². The molecular weight excluding hydrogens is 238 g/mol. The summed E-state index contributed by atoms with van der Waals surface area (Å²) in [4.78, 5) is 14.5. The fourth-order valence-corrected chi connectivity index (χ4v) is 1.58. The summed E-state index contributed by atoms with van der Waals surface area (Å²) in [5.74, 6) is 0. The quantitative estimate of drug-likeness (QED) is 0.770. The number of halogens is 1. The van der Waals surface area contributed by atoms with Crippen LogP contribution in [0, 0.1) is 0 Å². The van der Waals surface area contributed by atoms with Gasteiger partial charge in [-0.05, 0) is 30.3 Å². The first-order chi connectivity index (χ1) is 8.24. The van der Waals surface area contributed by atoms with Crippen LogP contribution in [0.5, 0.6) is 0 Å². The summed E-state index contributed by atoms with van der Waals surface area (Å²) >= 11 is 5.81. The third-order valence-corrected chi connectivity index (χ3v) is 2.42. The van der Waals surface area contributed by atoms with E-state index in [0.29, 0.717) is 17.3 Å². The summed E-state index contributed by atoms with van der Waals surface area (Å²) < 4.78 is 0. The van der Waals surface area contributed by atoms with E-state index in [1.807, 2.05) is 18.3 Å². The molecule has 0 aliphatic carbocycles. The number of amides is 2. The normalized spacial score (nSPS) is 9.94. The Hall–Kier alpha value is -1.94. The molecule has 2 rings (SSSR count). The standard InChI is InChI=1S/C12H12ClN3O/c13-9-3-1-4-10(7-9)16-12(17)15-8-11-5-2-6-14-11/h1-7,14H,8H2,(H2,15,16,17). The van der Waals surface area contributed by atoms with Crippen LogP contribution < -0.4 is 10.6 Å². The van der Waals surface area contributed by atoms with Crippen LogP contribution in [0.3, 0.4) is 0 Å². The summed E-state index contributed by atoms with van der Waals surface area (Å²) in [7, 11) is 0. The van der Waals surface area contributed by atoms with E-state index in [2.05, 4.69) is 15.6 Å². The number of rotatable bonds is 3. The number of nitrogens with one attached hydrogen (secondary N) is 3. The minimum Gasteiger partial charge on any atom is -0.364 e. The molecule has 0 saturated carbocycles. The molecule has 17 heavy (non-hydrogen) atoms. The van der Waals surface area contributed by atoms with Gasteiger partial charge in [0.15, 0.2) is 0 Å². The van der Waals surface area contributed by atoms with Gasteiger partial charge in [-0.1, -0.05) is 17.7 Å². The lowest BCUT2D eigenvalue weighted by molar-refractivity contribution is 0.251. The smallest absolute Gasteiger partial charge is 0.319 e.